The van der Waals surface area contributed by atoms with Crippen molar-refractivity contribution < 1.29 is 19.0 Å². The van der Waals surface area contributed by atoms with E-state index < -0.39 is 5.97 Å². The summed E-state index contributed by atoms with van der Waals surface area (Å²) in [6, 6.07) is 7.10. The van der Waals surface area contributed by atoms with Crippen LogP contribution in [-0.2, 0) is 4.74 Å². The van der Waals surface area contributed by atoms with Crippen molar-refractivity contribution in [1.29, 1.82) is 0 Å². The number of carbonyl (C=O) groups is 1. The van der Waals surface area contributed by atoms with Gasteiger partial charge in [-0.3, -0.25) is 9.97 Å². The molecule has 0 fully saturated rings. The highest BCUT2D eigenvalue weighted by Crippen LogP contribution is 2.40. The molecular formula is C20H16N2O4S. The molecular weight excluding hydrogens is 364 g/mol. The molecule has 0 aromatic carbocycles. The lowest BCUT2D eigenvalue weighted by molar-refractivity contribution is 0.0600. The van der Waals surface area contributed by atoms with Crippen LogP contribution < -0.4 is 9.47 Å². The Morgan fingerprint density at radius 3 is 2.74 bits per heavy atom. The van der Waals surface area contributed by atoms with Crippen molar-refractivity contribution in [1.82, 2.24) is 9.97 Å². The van der Waals surface area contributed by atoms with Crippen LogP contribution in [0.25, 0.3) is 23.5 Å². The molecule has 0 radical (unpaired) electrons. The smallest absolute Gasteiger partial charge is 0.337 e. The summed E-state index contributed by atoms with van der Waals surface area (Å²) in [7, 11) is 1.35. The number of methoxy groups -OCH3 is 1. The molecule has 0 saturated carbocycles. The summed E-state index contributed by atoms with van der Waals surface area (Å²) in [6.45, 7) is 1.14. The Kier molecular flexibility index (Phi) is 4.84. The standard InChI is InChI=1S/C20H16N2O4S/c1-24-20(23)14-5-7-22-16(11-14)15-10-13(4-6-21-15)2-3-18-19-17(12-27-18)25-8-9-26-19/h2-7,10-12H,8-9H2,1H3. The maximum atomic E-state index is 11.7. The molecule has 0 spiro atoms. The molecule has 7 heteroatoms. The number of nitrogens with zero attached hydrogens (tertiary/aromatic N) is 2. The van der Waals surface area contributed by atoms with E-state index in [0.29, 0.717) is 30.2 Å². The maximum absolute atomic E-state index is 11.7. The molecule has 0 aliphatic carbocycles. The minimum absolute atomic E-state index is 0.403. The Bertz CT molecular complexity index is 1010. The summed E-state index contributed by atoms with van der Waals surface area (Å²) in [5, 5.41) is 1.95. The first-order valence-electron chi connectivity index (χ1n) is 8.30. The van der Waals surface area contributed by atoms with Gasteiger partial charge in [0.05, 0.1) is 28.9 Å². The summed E-state index contributed by atoms with van der Waals surface area (Å²) in [4.78, 5) is 21.4. The number of fused-ring (bicyclic) bond motifs is 1. The van der Waals surface area contributed by atoms with Crippen LogP contribution in [0.3, 0.4) is 0 Å². The van der Waals surface area contributed by atoms with Crippen LogP contribution >= 0.6 is 11.3 Å². The Morgan fingerprint density at radius 2 is 1.89 bits per heavy atom. The number of hydrogen-bond donors (Lipinski definition) is 0. The Labute approximate surface area is 160 Å². The highest BCUT2D eigenvalue weighted by molar-refractivity contribution is 7.11. The Hall–Kier alpha value is -3.19. The molecule has 0 unspecified atom stereocenters. The molecule has 4 rings (SSSR count). The third kappa shape index (κ3) is 3.68. The van der Waals surface area contributed by atoms with Gasteiger partial charge in [0.25, 0.3) is 0 Å². The van der Waals surface area contributed by atoms with Gasteiger partial charge in [-0.2, -0.15) is 0 Å². The number of esters is 1. The van der Waals surface area contributed by atoms with Gasteiger partial charge in [-0.05, 0) is 35.9 Å². The number of ether oxygens (including phenoxy) is 3. The van der Waals surface area contributed by atoms with Gasteiger partial charge in [-0.25, -0.2) is 4.79 Å². The Balaban J connectivity index is 1.60. The molecule has 0 N–H and O–H groups in total. The lowest BCUT2D eigenvalue weighted by Gasteiger charge is -2.15. The van der Waals surface area contributed by atoms with Crippen molar-refractivity contribution >= 4 is 29.5 Å². The van der Waals surface area contributed by atoms with E-state index in [4.69, 9.17) is 14.2 Å². The molecule has 3 aromatic heterocycles. The number of thiophene rings is 1. The van der Waals surface area contributed by atoms with E-state index in [9.17, 15) is 4.79 Å². The second kappa shape index (κ2) is 7.59. The molecule has 0 amide bonds. The van der Waals surface area contributed by atoms with E-state index >= 15 is 0 Å². The van der Waals surface area contributed by atoms with Gasteiger partial charge in [-0.1, -0.05) is 6.08 Å². The predicted molar refractivity (Wildman–Crippen MR) is 103 cm³/mol. The number of carbonyl (C=O) groups excluding carboxylic acids is 1. The summed E-state index contributed by atoms with van der Waals surface area (Å²) in [5.74, 6) is 1.19. The van der Waals surface area contributed by atoms with Crippen molar-refractivity contribution in [3.05, 3.63) is 58.0 Å². The molecule has 136 valence electrons. The zero-order chi connectivity index (χ0) is 18.6. The second-order valence-corrected chi connectivity index (χ2v) is 6.63. The van der Waals surface area contributed by atoms with E-state index in [-0.39, 0.29) is 0 Å². The van der Waals surface area contributed by atoms with Crippen LogP contribution in [-0.4, -0.2) is 36.3 Å². The van der Waals surface area contributed by atoms with Crippen LogP contribution in [0.5, 0.6) is 11.5 Å². The zero-order valence-electron chi connectivity index (χ0n) is 14.5. The van der Waals surface area contributed by atoms with E-state index in [1.807, 2.05) is 29.7 Å². The fourth-order valence-corrected chi connectivity index (χ4v) is 3.50. The van der Waals surface area contributed by atoms with E-state index in [1.165, 1.54) is 7.11 Å². The lowest BCUT2D eigenvalue weighted by atomic mass is 10.1. The first-order valence-corrected chi connectivity index (χ1v) is 9.18. The molecule has 0 atom stereocenters. The van der Waals surface area contributed by atoms with Crippen LogP contribution in [0, 0.1) is 0 Å². The van der Waals surface area contributed by atoms with Crippen molar-refractivity contribution in [2.24, 2.45) is 0 Å². The SMILES string of the molecule is COC(=O)c1ccnc(-c2cc(C=Cc3scc4c3OCCO4)ccn2)c1. The quantitative estimate of drug-likeness (QED) is 0.639. The fourth-order valence-electron chi connectivity index (χ4n) is 2.68. The van der Waals surface area contributed by atoms with Gasteiger partial charge < -0.3 is 14.2 Å². The van der Waals surface area contributed by atoms with Crippen molar-refractivity contribution in [3.8, 4) is 22.9 Å². The summed E-state index contributed by atoms with van der Waals surface area (Å²) in [5.41, 5.74) is 2.69. The third-order valence-electron chi connectivity index (χ3n) is 3.98. The summed E-state index contributed by atoms with van der Waals surface area (Å²) >= 11 is 1.58. The van der Waals surface area contributed by atoms with E-state index in [0.717, 1.165) is 21.9 Å². The number of pyridine rings is 2. The van der Waals surface area contributed by atoms with E-state index in [2.05, 4.69) is 9.97 Å². The molecule has 4 heterocycles. The third-order valence-corrected chi connectivity index (χ3v) is 4.89. The van der Waals surface area contributed by atoms with Crippen LogP contribution in [0.1, 0.15) is 20.8 Å². The maximum Gasteiger partial charge on any atom is 0.337 e. The average Bonchev–Trinajstić information content (AvgIpc) is 3.15. The Morgan fingerprint density at radius 1 is 1.11 bits per heavy atom. The van der Waals surface area contributed by atoms with Crippen LogP contribution in [0.15, 0.2) is 42.0 Å². The largest absolute Gasteiger partial charge is 0.485 e. The van der Waals surface area contributed by atoms with Crippen molar-refractivity contribution in [2.75, 3.05) is 20.3 Å². The van der Waals surface area contributed by atoms with Gasteiger partial charge in [0.15, 0.2) is 11.5 Å². The van der Waals surface area contributed by atoms with Crippen LogP contribution in [0.4, 0.5) is 0 Å². The lowest BCUT2D eigenvalue weighted by Crippen LogP contribution is -2.14. The number of aromatic nitrogens is 2. The highest BCUT2D eigenvalue weighted by Gasteiger charge is 2.16. The number of hydrogen-bond acceptors (Lipinski definition) is 7. The summed E-state index contributed by atoms with van der Waals surface area (Å²) in [6.07, 6.45) is 7.26. The zero-order valence-corrected chi connectivity index (χ0v) is 15.4. The highest BCUT2D eigenvalue weighted by atomic mass is 32.1. The first-order chi connectivity index (χ1) is 13.2. The molecule has 27 heavy (non-hydrogen) atoms. The monoisotopic (exact) mass is 380 g/mol. The first kappa shape index (κ1) is 17.2. The van der Waals surface area contributed by atoms with Gasteiger partial charge in [0.1, 0.15) is 13.2 Å². The molecule has 3 aromatic rings. The number of rotatable bonds is 4. The molecule has 6 nitrogen and oxygen atoms in total. The van der Waals surface area contributed by atoms with Crippen molar-refractivity contribution in [2.45, 2.75) is 0 Å². The predicted octanol–water partition coefficient (Wildman–Crippen LogP) is 3.93. The minimum atomic E-state index is -0.403. The normalized spacial score (nSPS) is 12.9. The molecule has 1 aliphatic heterocycles. The average molecular weight is 380 g/mol. The molecule has 0 saturated heterocycles. The van der Waals surface area contributed by atoms with E-state index in [1.54, 1.807) is 35.9 Å². The fraction of sp³-hybridized carbons (Fsp3) is 0.150. The van der Waals surface area contributed by atoms with Gasteiger partial charge >= 0.3 is 5.97 Å². The van der Waals surface area contributed by atoms with Gasteiger partial charge in [-0.15, -0.1) is 11.3 Å². The van der Waals surface area contributed by atoms with Gasteiger partial charge in [0.2, 0.25) is 0 Å². The van der Waals surface area contributed by atoms with Crippen LogP contribution in [0.2, 0.25) is 0 Å². The van der Waals surface area contributed by atoms with Crippen molar-refractivity contribution in [3.63, 3.8) is 0 Å². The molecule has 0 bridgehead atoms. The minimum Gasteiger partial charge on any atom is -0.485 e. The topological polar surface area (TPSA) is 70.5 Å². The second-order valence-electron chi connectivity index (χ2n) is 5.72. The summed E-state index contributed by atoms with van der Waals surface area (Å²) < 4.78 is 16.0. The molecule has 1 aliphatic rings. The van der Waals surface area contributed by atoms with Gasteiger partial charge in [0, 0.05) is 17.8 Å².